The van der Waals surface area contributed by atoms with Crippen molar-refractivity contribution >= 4 is 21.4 Å². The SMILES string of the molecule is Cc1noc(C)c1Cn1cc(NC(=O)CS(C)(=O)=O)cn1. The van der Waals surface area contributed by atoms with Crippen LogP contribution in [-0.4, -0.2) is 41.3 Å². The van der Waals surface area contributed by atoms with Gasteiger partial charge in [0.2, 0.25) is 5.91 Å². The summed E-state index contributed by atoms with van der Waals surface area (Å²) in [6.45, 7) is 4.11. The van der Waals surface area contributed by atoms with E-state index >= 15 is 0 Å². The summed E-state index contributed by atoms with van der Waals surface area (Å²) in [6, 6.07) is 0. The molecule has 2 heterocycles. The number of carbonyl (C=O) groups excluding carboxylic acids is 1. The van der Waals surface area contributed by atoms with Gasteiger partial charge in [-0.15, -0.1) is 0 Å². The third-order valence-electron chi connectivity index (χ3n) is 2.81. The summed E-state index contributed by atoms with van der Waals surface area (Å²) in [5.74, 6) is -0.428. The molecule has 0 aliphatic heterocycles. The molecule has 9 heteroatoms. The Bertz CT molecular complexity index is 741. The molecule has 1 amide bonds. The molecule has 0 aliphatic carbocycles. The van der Waals surface area contributed by atoms with Crippen molar-refractivity contribution in [3.63, 3.8) is 0 Å². The second-order valence-corrected chi connectivity index (χ2v) is 6.99. The van der Waals surface area contributed by atoms with Gasteiger partial charge in [0.25, 0.3) is 0 Å². The van der Waals surface area contributed by atoms with Crippen LogP contribution in [0.15, 0.2) is 16.9 Å². The van der Waals surface area contributed by atoms with Crippen LogP contribution in [0, 0.1) is 13.8 Å². The molecule has 2 aromatic rings. The molecule has 0 bridgehead atoms. The molecule has 0 saturated carbocycles. The van der Waals surface area contributed by atoms with E-state index in [-0.39, 0.29) is 0 Å². The summed E-state index contributed by atoms with van der Waals surface area (Å²) in [7, 11) is -3.35. The number of anilines is 1. The van der Waals surface area contributed by atoms with Gasteiger partial charge in [-0.2, -0.15) is 5.10 Å². The molecule has 0 aliphatic rings. The van der Waals surface area contributed by atoms with Crippen LogP contribution in [-0.2, 0) is 21.2 Å². The van der Waals surface area contributed by atoms with E-state index in [9.17, 15) is 13.2 Å². The Morgan fingerprint density at radius 1 is 1.43 bits per heavy atom. The van der Waals surface area contributed by atoms with Crippen LogP contribution in [0.4, 0.5) is 5.69 Å². The molecular formula is C12H16N4O4S. The summed E-state index contributed by atoms with van der Waals surface area (Å²) < 4.78 is 28.7. The average Bonchev–Trinajstić information content (AvgIpc) is 2.88. The molecule has 0 radical (unpaired) electrons. The zero-order valence-corrected chi connectivity index (χ0v) is 12.8. The normalized spacial score (nSPS) is 11.6. The highest BCUT2D eigenvalue weighted by Gasteiger charge is 2.13. The number of amides is 1. The van der Waals surface area contributed by atoms with E-state index in [4.69, 9.17) is 4.52 Å². The molecule has 2 aromatic heterocycles. The molecular weight excluding hydrogens is 296 g/mol. The number of sulfone groups is 1. The highest BCUT2D eigenvalue weighted by Crippen LogP contribution is 2.15. The number of nitrogens with zero attached hydrogens (tertiary/aromatic N) is 3. The predicted octanol–water partition coefficient (Wildman–Crippen LogP) is 0.519. The number of hydrogen-bond donors (Lipinski definition) is 1. The minimum atomic E-state index is -3.35. The van der Waals surface area contributed by atoms with Crippen molar-refractivity contribution < 1.29 is 17.7 Å². The van der Waals surface area contributed by atoms with Gasteiger partial charge < -0.3 is 9.84 Å². The summed E-state index contributed by atoms with van der Waals surface area (Å²) in [5, 5.41) is 10.4. The summed E-state index contributed by atoms with van der Waals surface area (Å²) in [6.07, 6.45) is 4.08. The molecule has 0 spiro atoms. The molecule has 1 N–H and O–H groups in total. The first-order chi connectivity index (χ1) is 9.74. The van der Waals surface area contributed by atoms with Crippen LogP contribution < -0.4 is 5.32 Å². The molecule has 0 fully saturated rings. The molecule has 2 rings (SSSR count). The van der Waals surface area contributed by atoms with E-state index in [0.29, 0.717) is 18.0 Å². The van der Waals surface area contributed by atoms with Crippen molar-refractivity contribution in [3.05, 3.63) is 29.4 Å². The van der Waals surface area contributed by atoms with Gasteiger partial charge in [0.1, 0.15) is 11.5 Å². The third-order valence-corrected chi connectivity index (χ3v) is 3.60. The lowest BCUT2D eigenvalue weighted by molar-refractivity contribution is -0.113. The van der Waals surface area contributed by atoms with E-state index in [2.05, 4.69) is 15.6 Å². The smallest absolute Gasteiger partial charge is 0.239 e. The van der Waals surface area contributed by atoms with E-state index in [0.717, 1.165) is 17.5 Å². The Kier molecular flexibility index (Phi) is 4.12. The topological polar surface area (TPSA) is 107 Å². The van der Waals surface area contributed by atoms with Crippen molar-refractivity contribution in [1.82, 2.24) is 14.9 Å². The quantitative estimate of drug-likeness (QED) is 0.862. The zero-order chi connectivity index (χ0) is 15.6. The Morgan fingerprint density at radius 3 is 2.71 bits per heavy atom. The molecule has 0 unspecified atom stereocenters. The Balaban J connectivity index is 2.04. The van der Waals surface area contributed by atoms with Gasteiger partial charge in [0.05, 0.1) is 24.1 Å². The lowest BCUT2D eigenvalue weighted by atomic mass is 10.2. The standard InChI is InChI=1S/C12H16N4O4S/c1-8-11(9(2)20-15-8)6-16-5-10(4-13-16)14-12(17)7-21(3,18)19/h4-5H,6-7H2,1-3H3,(H,14,17). The summed E-state index contributed by atoms with van der Waals surface area (Å²) in [5.41, 5.74) is 2.15. The van der Waals surface area contributed by atoms with E-state index in [1.807, 2.05) is 13.8 Å². The lowest BCUT2D eigenvalue weighted by Crippen LogP contribution is -2.21. The second-order valence-electron chi connectivity index (χ2n) is 4.85. The maximum Gasteiger partial charge on any atom is 0.239 e. The van der Waals surface area contributed by atoms with Crippen LogP contribution in [0.3, 0.4) is 0 Å². The fraction of sp³-hybridized carbons (Fsp3) is 0.417. The number of carbonyl (C=O) groups is 1. The number of nitrogens with one attached hydrogen (secondary N) is 1. The van der Waals surface area contributed by atoms with Gasteiger partial charge in [-0.25, -0.2) is 8.42 Å². The van der Waals surface area contributed by atoms with Gasteiger partial charge in [0.15, 0.2) is 9.84 Å². The Morgan fingerprint density at radius 2 is 2.14 bits per heavy atom. The van der Waals surface area contributed by atoms with E-state index in [1.54, 1.807) is 10.9 Å². The van der Waals surface area contributed by atoms with Gasteiger partial charge in [-0.1, -0.05) is 5.16 Å². The van der Waals surface area contributed by atoms with Crippen LogP contribution in [0.2, 0.25) is 0 Å². The maximum atomic E-state index is 11.5. The zero-order valence-electron chi connectivity index (χ0n) is 12.0. The second kappa shape index (κ2) is 5.68. The highest BCUT2D eigenvalue weighted by molar-refractivity contribution is 7.91. The lowest BCUT2D eigenvalue weighted by Gasteiger charge is -2.01. The van der Waals surface area contributed by atoms with Gasteiger partial charge in [0, 0.05) is 18.0 Å². The molecule has 114 valence electrons. The van der Waals surface area contributed by atoms with Crippen molar-refractivity contribution in [1.29, 1.82) is 0 Å². The Labute approximate surface area is 122 Å². The van der Waals surface area contributed by atoms with Crippen LogP contribution >= 0.6 is 0 Å². The highest BCUT2D eigenvalue weighted by atomic mass is 32.2. The fourth-order valence-electron chi connectivity index (χ4n) is 1.84. The number of aromatic nitrogens is 3. The van der Waals surface area contributed by atoms with Crippen molar-refractivity contribution in [2.75, 3.05) is 17.3 Å². The molecule has 0 saturated heterocycles. The minimum absolute atomic E-state index is 0.440. The molecule has 0 aromatic carbocycles. The summed E-state index contributed by atoms with van der Waals surface area (Å²) in [4.78, 5) is 11.5. The van der Waals surface area contributed by atoms with Crippen LogP contribution in [0.1, 0.15) is 17.0 Å². The predicted molar refractivity (Wildman–Crippen MR) is 75.6 cm³/mol. The first-order valence-corrected chi connectivity index (χ1v) is 8.22. The number of rotatable bonds is 5. The minimum Gasteiger partial charge on any atom is -0.361 e. The first kappa shape index (κ1) is 15.2. The van der Waals surface area contributed by atoms with Crippen molar-refractivity contribution in [3.8, 4) is 0 Å². The maximum absolute atomic E-state index is 11.5. The summed E-state index contributed by atoms with van der Waals surface area (Å²) >= 11 is 0. The first-order valence-electron chi connectivity index (χ1n) is 6.16. The molecule has 21 heavy (non-hydrogen) atoms. The van der Waals surface area contributed by atoms with Gasteiger partial charge in [-0.3, -0.25) is 9.48 Å². The largest absolute Gasteiger partial charge is 0.361 e. The fourth-order valence-corrected chi connectivity index (χ4v) is 2.39. The third kappa shape index (κ3) is 4.15. The van der Waals surface area contributed by atoms with Crippen molar-refractivity contribution in [2.24, 2.45) is 0 Å². The van der Waals surface area contributed by atoms with Crippen LogP contribution in [0.5, 0.6) is 0 Å². The van der Waals surface area contributed by atoms with Crippen LogP contribution in [0.25, 0.3) is 0 Å². The van der Waals surface area contributed by atoms with Gasteiger partial charge in [-0.05, 0) is 13.8 Å². The monoisotopic (exact) mass is 312 g/mol. The average molecular weight is 312 g/mol. The van der Waals surface area contributed by atoms with E-state index in [1.165, 1.54) is 6.20 Å². The number of aryl methyl sites for hydroxylation is 2. The molecule has 0 atom stereocenters. The Hall–Kier alpha value is -2.16. The number of hydrogen-bond acceptors (Lipinski definition) is 6. The molecule has 8 nitrogen and oxygen atoms in total. The van der Waals surface area contributed by atoms with Gasteiger partial charge >= 0.3 is 0 Å². The van der Waals surface area contributed by atoms with Crippen molar-refractivity contribution in [2.45, 2.75) is 20.4 Å². The van der Waals surface area contributed by atoms with E-state index < -0.39 is 21.5 Å².